The van der Waals surface area contributed by atoms with E-state index >= 15 is 0 Å². The van der Waals surface area contributed by atoms with Crippen LogP contribution in [-0.4, -0.2) is 18.3 Å². The molecule has 0 bridgehead atoms. The van der Waals surface area contributed by atoms with Gasteiger partial charge in [0.2, 0.25) is 0 Å². The first-order valence-corrected chi connectivity index (χ1v) is 6.22. The normalized spacial score (nSPS) is 12.8. The van der Waals surface area contributed by atoms with Gasteiger partial charge in [-0.25, -0.2) is 4.39 Å². The molecule has 0 aliphatic heterocycles. The lowest BCUT2D eigenvalue weighted by Crippen LogP contribution is -2.24. The molecular formula is C13H19ClFNO. The van der Waals surface area contributed by atoms with Gasteiger partial charge in [0.25, 0.3) is 0 Å². The zero-order valence-electron chi connectivity index (χ0n) is 10.3. The Kier molecular flexibility index (Phi) is 5.89. The van der Waals surface area contributed by atoms with Crippen molar-refractivity contribution < 1.29 is 9.50 Å². The Bertz CT molecular complexity index is 367. The maximum absolute atomic E-state index is 13.4. The van der Waals surface area contributed by atoms with E-state index in [1.807, 2.05) is 6.92 Å². The van der Waals surface area contributed by atoms with Crippen molar-refractivity contribution in [2.45, 2.75) is 26.8 Å². The van der Waals surface area contributed by atoms with Crippen LogP contribution in [0.5, 0.6) is 0 Å². The quantitative estimate of drug-likeness (QED) is 0.823. The molecule has 96 valence electrons. The summed E-state index contributed by atoms with van der Waals surface area (Å²) in [5.74, 6) is 0.00414. The largest absolute Gasteiger partial charge is 0.396 e. The molecule has 1 aromatic rings. The van der Waals surface area contributed by atoms with Crippen molar-refractivity contribution in [1.29, 1.82) is 0 Å². The average molecular weight is 260 g/mol. The van der Waals surface area contributed by atoms with E-state index in [9.17, 15) is 4.39 Å². The number of hydrogen-bond donors (Lipinski definition) is 2. The smallest absolute Gasteiger partial charge is 0.126 e. The summed E-state index contributed by atoms with van der Waals surface area (Å²) in [5.41, 5.74) is 1.31. The van der Waals surface area contributed by atoms with Crippen LogP contribution in [0.4, 0.5) is 4.39 Å². The average Bonchev–Trinajstić information content (AvgIpc) is 2.31. The Morgan fingerprint density at radius 2 is 2.18 bits per heavy atom. The van der Waals surface area contributed by atoms with Gasteiger partial charge in [0.05, 0.1) is 0 Å². The van der Waals surface area contributed by atoms with Gasteiger partial charge in [0, 0.05) is 24.7 Å². The number of nitrogens with one attached hydrogen (secondary N) is 1. The second-order valence-corrected chi connectivity index (χ2v) is 4.69. The third-order valence-corrected chi connectivity index (χ3v) is 3.26. The summed E-state index contributed by atoms with van der Waals surface area (Å²) in [5, 5.41) is 12.8. The fraction of sp³-hybridized carbons (Fsp3) is 0.538. The van der Waals surface area contributed by atoms with Crippen molar-refractivity contribution >= 4 is 11.6 Å². The lowest BCUT2D eigenvalue weighted by atomic mass is 10.1. The van der Waals surface area contributed by atoms with Gasteiger partial charge in [-0.1, -0.05) is 18.5 Å². The molecular weight excluding hydrogens is 241 g/mol. The lowest BCUT2D eigenvalue weighted by Gasteiger charge is -2.13. The van der Waals surface area contributed by atoms with E-state index in [1.54, 1.807) is 13.0 Å². The molecule has 1 aromatic carbocycles. The molecule has 0 spiro atoms. The molecule has 1 unspecified atom stereocenters. The Morgan fingerprint density at radius 3 is 2.76 bits per heavy atom. The van der Waals surface area contributed by atoms with Crippen LogP contribution >= 0.6 is 11.6 Å². The lowest BCUT2D eigenvalue weighted by molar-refractivity contribution is 0.218. The van der Waals surface area contributed by atoms with Gasteiger partial charge in [-0.2, -0.15) is 0 Å². The van der Waals surface area contributed by atoms with Crippen molar-refractivity contribution in [1.82, 2.24) is 5.32 Å². The van der Waals surface area contributed by atoms with Gasteiger partial charge in [-0.05, 0) is 42.5 Å². The fourth-order valence-electron chi connectivity index (χ4n) is 1.57. The molecule has 1 rings (SSSR count). The Labute approximate surface area is 107 Å². The van der Waals surface area contributed by atoms with Crippen LogP contribution in [0.15, 0.2) is 12.1 Å². The highest BCUT2D eigenvalue weighted by Crippen LogP contribution is 2.20. The fourth-order valence-corrected chi connectivity index (χ4v) is 1.86. The topological polar surface area (TPSA) is 32.3 Å². The summed E-state index contributed by atoms with van der Waals surface area (Å²) in [7, 11) is 0. The molecule has 0 saturated heterocycles. The zero-order chi connectivity index (χ0) is 12.8. The number of rotatable bonds is 6. The van der Waals surface area contributed by atoms with Crippen molar-refractivity contribution in [3.8, 4) is 0 Å². The van der Waals surface area contributed by atoms with E-state index in [0.717, 1.165) is 12.0 Å². The maximum atomic E-state index is 13.4. The summed E-state index contributed by atoms with van der Waals surface area (Å²) in [6, 6.07) is 3.10. The molecule has 2 N–H and O–H groups in total. The summed E-state index contributed by atoms with van der Waals surface area (Å²) < 4.78 is 13.4. The van der Waals surface area contributed by atoms with Gasteiger partial charge in [-0.3, -0.25) is 0 Å². The highest BCUT2D eigenvalue weighted by Gasteiger charge is 2.07. The number of hydrogen-bond acceptors (Lipinski definition) is 2. The molecule has 0 fully saturated rings. The van der Waals surface area contributed by atoms with Crippen LogP contribution in [0.25, 0.3) is 0 Å². The van der Waals surface area contributed by atoms with Crippen LogP contribution < -0.4 is 5.32 Å². The second kappa shape index (κ2) is 6.94. The first-order chi connectivity index (χ1) is 8.08. The highest BCUT2D eigenvalue weighted by atomic mass is 35.5. The molecule has 0 aromatic heterocycles. The van der Waals surface area contributed by atoms with E-state index < -0.39 is 0 Å². The van der Waals surface area contributed by atoms with Gasteiger partial charge >= 0.3 is 0 Å². The summed E-state index contributed by atoms with van der Waals surface area (Å²) >= 11 is 6.03. The molecule has 0 heterocycles. The number of aliphatic hydroxyl groups excluding tert-OH is 1. The molecule has 4 heteroatoms. The maximum Gasteiger partial charge on any atom is 0.126 e. The van der Waals surface area contributed by atoms with E-state index in [-0.39, 0.29) is 18.3 Å². The van der Waals surface area contributed by atoms with Gasteiger partial charge in [0.15, 0.2) is 0 Å². The predicted octanol–water partition coefficient (Wildman–Crippen LogP) is 2.90. The minimum atomic E-state index is -0.236. The minimum Gasteiger partial charge on any atom is -0.396 e. The number of benzene rings is 1. The molecule has 17 heavy (non-hydrogen) atoms. The Hall–Kier alpha value is -0.640. The highest BCUT2D eigenvalue weighted by molar-refractivity contribution is 6.31. The van der Waals surface area contributed by atoms with Gasteiger partial charge < -0.3 is 10.4 Å². The first-order valence-electron chi connectivity index (χ1n) is 5.84. The monoisotopic (exact) mass is 259 g/mol. The Balaban J connectivity index is 2.55. The van der Waals surface area contributed by atoms with E-state index in [0.29, 0.717) is 23.7 Å². The predicted molar refractivity (Wildman–Crippen MR) is 68.7 cm³/mol. The van der Waals surface area contributed by atoms with Gasteiger partial charge in [-0.15, -0.1) is 0 Å². The van der Waals surface area contributed by atoms with Crippen LogP contribution in [0.2, 0.25) is 5.02 Å². The number of aryl methyl sites for hydroxylation is 1. The van der Waals surface area contributed by atoms with Crippen LogP contribution in [0.1, 0.15) is 24.5 Å². The van der Waals surface area contributed by atoms with Crippen molar-refractivity contribution in [3.63, 3.8) is 0 Å². The van der Waals surface area contributed by atoms with E-state index in [1.165, 1.54) is 6.07 Å². The third kappa shape index (κ3) is 4.26. The van der Waals surface area contributed by atoms with E-state index in [2.05, 4.69) is 5.32 Å². The molecule has 1 atom stereocenters. The summed E-state index contributed by atoms with van der Waals surface area (Å²) in [6.45, 7) is 5.11. The summed E-state index contributed by atoms with van der Waals surface area (Å²) in [4.78, 5) is 0. The molecule has 0 radical (unpaired) electrons. The van der Waals surface area contributed by atoms with Crippen LogP contribution in [-0.2, 0) is 6.54 Å². The van der Waals surface area contributed by atoms with Crippen molar-refractivity contribution in [3.05, 3.63) is 34.1 Å². The molecule has 0 aliphatic carbocycles. The van der Waals surface area contributed by atoms with Crippen molar-refractivity contribution in [2.24, 2.45) is 5.92 Å². The van der Waals surface area contributed by atoms with Crippen molar-refractivity contribution in [2.75, 3.05) is 13.2 Å². The van der Waals surface area contributed by atoms with Gasteiger partial charge in [0.1, 0.15) is 5.82 Å². The number of halogens is 2. The SMILES string of the molecule is CCC(CO)CNCc1cc(F)c(C)cc1Cl. The minimum absolute atomic E-state index is 0.166. The molecule has 0 aliphatic rings. The first kappa shape index (κ1) is 14.4. The Morgan fingerprint density at radius 1 is 1.47 bits per heavy atom. The zero-order valence-corrected chi connectivity index (χ0v) is 11.0. The molecule has 0 saturated carbocycles. The van der Waals surface area contributed by atoms with E-state index in [4.69, 9.17) is 16.7 Å². The second-order valence-electron chi connectivity index (χ2n) is 4.28. The van der Waals surface area contributed by atoms with Crippen LogP contribution in [0, 0.1) is 18.7 Å². The molecule has 0 amide bonds. The molecule has 2 nitrogen and oxygen atoms in total. The standard InChI is InChI=1S/C13H19ClFNO/c1-3-10(8-17)6-16-7-11-5-13(15)9(2)4-12(11)14/h4-5,10,16-17H,3,6-8H2,1-2H3. The third-order valence-electron chi connectivity index (χ3n) is 2.91. The summed E-state index contributed by atoms with van der Waals surface area (Å²) in [6.07, 6.45) is 0.916. The van der Waals surface area contributed by atoms with Crippen LogP contribution in [0.3, 0.4) is 0 Å². The number of aliphatic hydroxyl groups is 1.